The number of carboxylic acid groups (broad SMARTS) is 1. The molecule has 1 heterocycles. The first-order valence-corrected chi connectivity index (χ1v) is 7.70. The molecule has 20 heavy (non-hydrogen) atoms. The summed E-state index contributed by atoms with van der Waals surface area (Å²) in [5.74, 6) is -0.777. The molecule has 1 N–H and O–H groups in total. The van der Waals surface area contributed by atoms with E-state index >= 15 is 0 Å². The fourth-order valence-electron chi connectivity index (χ4n) is 2.46. The standard InChI is InChI=1S/C14H20N2O3S/c1-8-11(13(17)16(3)9(2)14(18)19)20-12(15-8)10-6-4-5-7-10/h9-10H,4-7H2,1-3H3,(H,18,19)/t9-/m1/s1. The van der Waals surface area contributed by atoms with Crippen molar-refractivity contribution < 1.29 is 14.7 Å². The first-order chi connectivity index (χ1) is 9.41. The third-order valence-electron chi connectivity index (χ3n) is 3.97. The van der Waals surface area contributed by atoms with Crippen LogP contribution in [0, 0.1) is 6.92 Å². The highest BCUT2D eigenvalue weighted by atomic mass is 32.1. The van der Waals surface area contributed by atoms with Crippen LogP contribution in [0.1, 0.15) is 58.9 Å². The number of amides is 1. The number of aliphatic carboxylic acids is 1. The van der Waals surface area contributed by atoms with Gasteiger partial charge < -0.3 is 10.0 Å². The number of likely N-dealkylation sites (N-methyl/N-ethyl adjacent to an activating group) is 1. The van der Waals surface area contributed by atoms with Crippen LogP contribution in [0.3, 0.4) is 0 Å². The Morgan fingerprint density at radius 3 is 2.55 bits per heavy atom. The van der Waals surface area contributed by atoms with Crippen LogP contribution in [0.15, 0.2) is 0 Å². The SMILES string of the molecule is Cc1nc(C2CCCC2)sc1C(=O)N(C)[C@H](C)C(=O)O. The van der Waals surface area contributed by atoms with Crippen molar-refractivity contribution in [1.29, 1.82) is 0 Å². The molecule has 2 rings (SSSR count). The van der Waals surface area contributed by atoms with Crippen molar-refractivity contribution >= 4 is 23.2 Å². The molecule has 0 aliphatic heterocycles. The van der Waals surface area contributed by atoms with Crippen molar-refractivity contribution in [3.8, 4) is 0 Å². The second-order valence-corrected chi connectivity index (χ2v) is 6.41. The first-order valence-electron chi connectivity index (χ1n) is 6.89. The van der Waals surface area contributed by atoms with Gasteiger partial charge in [-0.3, -0.25) is 4.79 Å². The molecule has 110 valence electrons. The van der Waals surface area contributed by atoms with Gasteiger partial charge in [0, 0.05) is 13.0 Å². The number of carbonyl (C=O) groups excluding carboxylic acids is 1. The predicted octanol–water partition coefficient (Wildman–Crippen LogP) is 2.65. The summed E-state index contributed by atoms with van der Waals surface area (Å²) in [6.07, 6.45) is 4.73. The monoisotopic (exact) mass is 296 g/mol. The Morgan fingerprint density at radius 2 is 2.00 bits per heavy atom. The molecule has 1 atom stereocenters. The van der Waals surface area contributed by atoms with Gasteiger partial charge in [-0.25, -0.2) is 9.78 Å². The minimum Gasteiger partial charge on any atom is -0.480 e. The third-order valence-corrected chi connectivity index (χ3v) is 5.28. The zero-order chi connectivity index (χ0) is 14.9. The number of aryl methyl sites for hydroxylation is 1. The molecule has 0 unspecified atom stereocenters. The number of hydrogen-bond acceptors (Lipinski definition) is 4. The maximum absolute atomic E-state index is 12.4. The van der Waals surface area contributed by atoms with Gasteiger partial charge in [0.2, 0.25) is 0 Å². The molecule has 1 aromatic rings. The lowest BCUT2D eigenvalue weighted by Crippen LogP contribution is -2.40. The highest BCUT2D eigenvalue weighted by Gasteiger charge is 2.28. The van der Waals surface area contributed by atoms with E-state index in [-0.39, 0.29) is 5.91 Å². The van der Waals surface area contributed by atoms with Gasteiger partial charge in [-0.1, -0.05) is 12.8 Å². The summed E-state index contributed by atoms with van der Waals surface area (Å²) >= 11 is 1.43. The van der Waals surface area contributed by atoms with Gasteiger partial charge >= 0.3 is 5.97 Å². The molecule has 0 aromatic carbocycles. The van der Waals surface area contributed by atoms with Crippen LogP contribution in [-0.4, -0.2) is 40.0 Å². The number of rotatable bonds is 4. The summed E-state index contributed by atoms with van der Waals surface area (Å²) in [6.45, 7) is 3.33. The van der Waals surface area contributed by atoms with Gasteiger partial charge in [-0.05, 0) is 26.7 Å². The molecule has 5 nitrogen and oxygen atoms in total. The van der Waals surface area contributed by atoms with Crippen LogP contribution >= 0.6 is 11.3 Å². The number of nitrogens with zero attached hydrogens (tertiary/aromatic N) is 2. The average Bonchev–Trinajstić information content (AvgIpc) is 3.04. The van der Waals surface area contributed by atoms with Crippen molar-refractivity contribution in [3.05, 3.63) is 15.6 Å². The average molecular weight is 296 g/mol. The Kier molecular flexibility index (Phi) is 4.42. The second kappa shape index (κ2) is 5.91. The Bertz CT molecular complexity index is 520. The number of carboxylic acids is 1. The maximum Gasteiger partial charge on any atom is 0.326 e. The summed E-state index contributed by atoms with van der Waals surface area (Å²) in [6, 6.07) is -0.834. The van der Waals surface area contributed by atoms with Crippen molar-refractivity contribution in [2.75, 3.05) is 7.05 Å². The van der Waals surface area contributed by atoms with Gasteiger partial charge in [0.25, 0.3) is 5.91 Å². The third kappa shape index (κ3) is 2.85. The molecule has 6 heteroatoms. The minimum atomic E-state index is -1.00. The zero-order valence-corrected chi connectivity index (χ0v) is 12.9. The topological polar surface area (TPSA) is 70.5 Å². The van der Waals surface area contributed by atoms with Gasteiger partial charge in [0.1, 0.15) is 10.9 Å². The van der Waals surface area contributed by atoms with Crippen LogP contribution in [0.25, 0.3) is 0 Å². The number of thiazole rings is 1. The molecule has 1 saturated carbocycles. The molecular formula is C14H20N2O3S. The summed E-state index contributed by atoms with van der Waals surface area (Å²) in [4.78, 5) is 29.7. The maximum atomic E-state index is 12.4. The molecule has 0 spiro atoms. The largest absolute Gasteiger partial charge is 0.480 e. The van der Waals surface area contributed by atoms with Crippen LogP contribution < -0.4 is 0 Å². The molecular weight excluding hydrogens is 276 g/mol. The fraction of sp³-hybridized carbons (Fsp3) is 0.643. The van der Waals surface area contributed by atoms with E-state index in [1.165, 1.54) is 43.0 Å². The summed E-state index contributed by atoms with van der Waals surface area (Å²) in [5, 5.41) is 10.0. The van der Waals surface area contributed by atoms with E-state index in [9.17, 15) is 9.59 Å². The van der Waals surface area contributed by atoms with Gasteiger partial charge in [-0.15, -0.1) is 11.3 Å². The number of carbonyl (C=O) groups is 2. The van der Waals surface area contributed by atoms with E-state index in [4.69, 9.17) is 5.11 Å². The van der Waals surface area contributed by atoms with E-state index in [1.54, 1.807) is 0 Å². The minimum absolute atomic E-state index is 0.251. The van der Waals surface area contributed by atoms with Crippen molar-refractivity contribution in [1.82, 2.24) is 9.88 Å². The predicted molar refractivity (Wildman–Crippen MR) is 77.3 cm³/mol. The van der Waals surface area contributed by atoms with Crippen molar-refractivity contribution in [2.24, 2.45) is 0 Å². The highest BCUT2D eigenvalue weighted by molar-refractivity contribution is 7.13. The Morgan fingerprint density at radius 1 is 1.40 bits per heavy atom. The van der Waals surface area contributed by atoms with Crippen LogP contribution in [-0.2, 0) is 4.79 Å². The Balaban J connectivity index is 2.19. The van der Waals surface area contributed by atoms with E-state index in [0.29, 0.717) is 16.5 Å². The van der Waals surface area contributed by atoms with E-state index in [2.05, 4.69) is 4.98 Å². The summed E-state index contributed by atoms with van der Waals surface area (Å²) in [7, 11) is 1.52. The van der Waals surface area contributed by atoms with Gasteiger partial charge in [0.15, 0.2) is 0 Å². The zero-order valence-electron chi connectivity index (χ0n) is 12.0. The molecule has 1 amide bonds. The quantitative estimate of drug-likeness (QED) is 0.927. The van der Waals surface area contributed by atoms with Crippen LogP contribution in [0.2, 0.25) is 0 Å². The lowest BCUT2D eigenvalue weighted by molar-refractivity contribution is -0.141. The number of hydrogen-bond donors (Lipinski definition) is 1. The molecule has 1 fully saturated rings. The second-order valence-electron chi connectivity index (χ2n) is 5.38. The van der Waals surface area contributed by atoms with E-state index < -0.39 is 12.0 Å². The summed E-state index contributed by atoms with van der Waals surface area (Å²) in [5.41, 5.74) is 0.714. The normalized spacial score (nSPS) is 17.1. The Labute approximate surface area is 122 Å². The molecule has 1 aliphatic rings. The molecule has 1 aliphatic carbocycles. The molecule has 0 saturated heterocycles. The molecule has 0 bridgehead atoms. The molecule has 0 radical (unpaired) electrons. The van der Waals surface area contributed by atoms with Gasteiger partial charge in [-0.2, -0.15) is 0 Å². The smallest absolute Gasteiger partial charge is 0.326 e. The summed E-state index contributed by atoms with van der Waals surface area (Å²) < 4.78 is 0. The Hall–Kier alpha value is -1.43. The number of aromatic nitrogens is 1. The van der Waals surface area contributed by atoms with Crippen LogP contribution in [0.5, 0.6) is 0 Å². The first kappa shape index (κ1) is 15.0. The van der Waals surface area contributed by atoms with Crippen molar-refractivity contribution in [3.63, 3.8) is 0 Å². The lowest BCUT2D eigenvalue weighted by Gasteiger charge is -2.20. The molecule has 1 aromatic heterocycles. The van der Waals surface area contributed by atoms with E-state index in [1.807, 2.05) is 6.92 Å². The van der Waals surface area contributed by atoms with Gasteiger partial charge in [0.05, 0.1) is 10.7 Å². The van der Waals surface area contributed by atoms with Crippen molar-refractivity contribution in [2.45, 2.75) is 51.5 Å². The van der Waals surface area contributed by atoms with Crippen LogP contribution in [0.4, 0.5) is 0 Å². The fourth-order valence-corrected chi connectivity index (χ4v) is 3.68. The lowest BCUT2D eigenvalue weighted by atomic mass is 10.1. The van der Waals surface area contributed by atoms with E-state index in [0.717, 1.165) is 17.8 Å². The highest BCUT2D eigenvalue weighted by Crippen LogP contribution is 2.37.